The third kappa shape index (κ3) is 8.33. The number of methoxy groups -OCH3 is 2. The Hall–Kier alpha value is -2.65. The molecule has 0 aliphatic heterocycles. The Morgan fingerprint density at radius 1 is 1.15 bits per heavy atom. The van der Waals surface area contributed by atoms with Crippen LogP contribution in [0.1, 0.15) is 50.5 Å². The van der Waals surface area contributed by atoms with Crippen LogP contribution in [-0.4, -0.2) is 61.5 Å². The van der Waals surface area contributed by atoms with Gasteiger partial charge < -0.3 is 29.7 Å². The number of amides is 1. The molecule has 2 rings (SSSR count). The molecule has 0 radical (unpaired) electrons. The summed E-state index contributed by atoms with van der Waals surface area (Å²) in [7, 11) is 3.08. The lowest BCUT2D eigenvalue weighted by atomic mass is 9.75. The average Bonchev–Trinajstić information content (AvgIpc) is 3.26. The van der Waals surface area contributed by atoms with Gasteiger partial charge in [-0.2, -0.15) is 0 Å². The van der Waals surface area contributed by atoms with Crippen LogP contribution in [0.4, 0.5) is 0 Å². The Labute approximate surface area is 194 Å². The van der Waals surface area contributed by atoms with E-state index in [2.05, 4.69) is 5.32 Å². The molecule has 1 aromatic rings. The van der Waals surface area contributed by atoms with Gasteiger partial charge in [0, 0.05) is 13.7 Å². The lowest BCUT2D eigenvalue weighted by molar-refractivity contribution is -0.145. The molecule has 2 unspecified atom stereocenters. The van der Waals surface area contributed by atoms with E-state index in [0.717, 1.165) is 18.4 Å². The van der Waals surface area contributed by atoms with Crippen LogP contribution in [0.25, 0.3) is 0 Å². The molecule has 0 bridgehead atoms. The number of rotatable bonds is 15. The van der Waals surface area contributed by atoms with E-state index in [9.17, 15) is 24.6 Å². The fourth-order valence-electron chi connectivity index (χ4n) is 4.40. The summed E-state index contributed by atoms with van der Waals surface area (Å²) < 4.78 is 15.9. The van der Waals surface area contributed by atoms with E-state index in [4.69, 9.17) is 14.2 Å². The molecule has 1 amide bonds. The minimum atomic E-state index is -1.05. The molecule has 184 valence electrons. The van der Waals surface area contributed by atoms with Gasteiger partial charge in [0.25, 0.3) is 0 Å². The highest BCUT2D eigenvalue weighted by Crippen LogP contribution is 2.44. The summed E-state index contributed by atoms with van der Waals surface area (Å²) in [6, 6.07) is 6.62. The number of benzene rings is 1. The zero-order valence-corrected chi connectivity index (χ0v) is 19.4. The maximum absolute atomic E-state index is 13.3. The number of carboxylic acid groups (broad SMARTS) is 2. The monoisotopic (exact) mass is 465 g/mol. The van der Waals surface area contributed by atoms with Crippen LogP contribution in [0.15, 0.2) is 24.3 Å². The molecule has 1 aromatic carbocycles. The van der Waals surface area contributed by atoms with Gasteiger partial charge >= 0.3 is 11.9 Å². The first-order valence-electron chi connectivity index (χ1n) is 11.2. The Morgan fingerprint density at radius 2 is 1.88 bits per heavy atom. The van der Waals surface area contributed by atoms with Crippen LogP contribution in [0.5, 0.6) is 5.75 Å². The number of hydrogen-bond donors (Lipinski definition) is 3. The van der Waals surface area contributed by atoms with Crippen molar-refractivity contribution in [1.82, 2.24) is 5.32 Å². The van der Waals surface area contributed by atoms with Gasteiger partial charge in [-0.1, -0.05) is 25.0 Å². The van der Waals surface area contributed by atoms with Crippen molar-refractivity contribution < 1.29 is 38.8 Å². The highest BCUT2D eigenvalue weighted by atomic mass is 16.5. The van der Waals surface area contributed by atoms with E-state index in [1.54, 1.807) is 7.11 Å². The number of nitrogens with one attached hydrogen (secondary N) is 1. The van der Waals surface area contributed by atoms with Crippen molar-refractivity contribution in [1.29, 1.82) is 0 Å². The first kappa shape index (κ1) is 26.6. The summed E-state index contributed by atoms with van der Waals surface area (Å²) in [5.74, 6) is -2.30. The zero-order valence-electron chi connectivity index (χ0n) is 19.4. The largest absolute Gasteiger partial charge is 0.497 e. The summed E-state index contributed by atoms with van der Waals surface area (Å²) in [5, 5.41) is 21.8. The highest BCUT2D eigenvalue weighted by molar-refractivity contribution is 5.84. The van der Waals surface area contributed by atoms with Crippen molar-refractivity contribution in [2.45, 2.75) is 57.6 Å². The molecule has 1 aliphatic rings. The molecule has 0 heterocycles. The van der Waals surface area contributed by atoms with E-state index >= 15 is 0 Å². The van der Waals surface area contributed by atoms with Crippen molar-refractivity contribution in [3.05, 3.63) is 29.8 Å². The van der Waals surface area contributed by atoms with E-state index in [-0.39, 0.29) is 32.0 Å². The summed E-state index contributed by atoms with van der Waals surface area (Å²) in [5.41, 5.74) is 0.0461. The Balaban J connectivity index is 2.04. The van der Waals surface area contributed by atoms with Crippen LogP contribution in [-0.2, 0) is 30.5 Å². The number of aliphatic carboxylic acids is 2. The number of ether oxygens (including phenoxy) is 3. The lowest BCUT2D eigenvalue weighted by Gasteiger charge is -2.32. The topological polar surface area (TPSA) is 131 Å². The molecule has 3 N–H and O–H groups in total. The standard InChI is InChI=1S/C24H35NO8/c1-31-11-8-18(22(28)29)14-24(9-3-4-10-24)23(30)25-19(13-21(26)27)16-33-15-17-6-5-7-20(12-17)32-2/h5-7,12,18-19H,3-4,8-11,13-16H2,1-2H3,(H,25,30)(H,26,27)(H,28,29). The van der Waals surface area contributed by atoms with Gasteiger partial charge in [-0.25, -0.2) is 0 Å². The van der Waals surface area contributed by atoms with Gasteiger partial charge in [0.05, 0.1) is 44.1 Å². The second-order valence-electron chi connectivity index (χ2n) is 8.64. The average molecular weight is 466 g/mol. The van der Waals surface area contributed by atoms with Gasteiger partial charge in [-0.15, -0.1) is 0 Å². The summed E-state index contributed by atoms with van der Waals surface area (Å²) in [6.07, 6.45) is 3.08. The molecule has 1 aliphatic carbocycles. The van der Waals surface area contributed by atoms with Gasteiger partial charge in [0.15, 0.2) is 0 Å². The Morgan fingerprint density at radius 3 is 2.48 bits per heavy atom. The third-order valence-corrected chi connectivity index (χ3v) is 6.18. The van der Waals surface area contributed by atoms with E-state index in [0.29, 0.717) is 31.6 Å². The second-order valence-corrected chi connectivity index (χ2v) is 8.64. The molecule has 1 saturated carbocycles. The second kappa shape index (κ2) is 13.2. The molecule has 0 aromatic heterocycles. The maximum Gasteiger partial charge on any atom is 0.306 e. The van der Waals surface area contributed by atoms with E-state index in [1.165, 1.54) is 7.11 Å². The first-order valence-corrected chi connectivity index (χ1v) is 11.2. The summed E-state index contributed by atoms with van der Waals surface area (Å²) in [6.45, 7) is 0.568. The van der Waals surface area contributed by atoms with Crippen molar-refractivity contribution in [3.63, 3.8) is 0 Å². The molecule has 0 saturated heterocycles. The molecule has 9 nitrogen and oxygen atoms in total. The fourth-order valence-corrected chi connectivity index (χ4v) is 4.40. The van der Waals surface area contributed by atoms with Gasteiger partial charge in [0.2, 0.25) is 5.91 Å². The van der Waals surface area contributed by atoms with Crippen LogP contribution in [0.2, 0.25) is 0 Å². The van der Waals surface area contributed by atoms with Crippen molar-refractivity contribution in [2.24, 2.45) is 11.3 Å². The van der Waals surface area contributed by atoms with Crippen LogP contribution in [0, 0.1) is 11.3 Å². The van der Waals surface area contributed by atoms with E-state index < -0.39 is 29.3 Å². The van der Waals surface area contributed by atoms with Gasteiger partial charge in [0.1, 0.15) is 5.75 Å². The molecule has 2 atom stereocenters. The maximum atomic E-state index is 13.3. The van der Waals surface area contributed by atoms with Crippen molar-refractivity contribution in [3.8, 4) is 5.75 Å². The van der Waals surface area contributed by atoms with Crippen LogP contribution >= 0.6 is 0 Å². The molecular weight excluding hydrogens is 430 g/mol. The van der Waals surface area contributed by atoms with Gasteiger partial charge in [-0.3, -0.25) is 14.4 Å². The van der Waals surface area contributed by atoms with E-state index in [1.807, 2.05) is 24.3 Å². The van der Waals surface area contributed by atoms with Crippen molar-refractivity contribution >= 4 is 17.8 Å². The fraction of sp³-hybridized carbons (Fsp3) is 0.625. The molecule has 0 spiro atoms. The molecule has 33 heavy (non-hydrogen) atoms. The number of hydrogen-bond acceptors (Lipinski definition) is 6. The predicted molar refractivity (Wildman–Crippen MR) is 120 cm³/mol. The summed E-state index contributed by atoms with van der Waals surface area (Å²) in [4.78, 5) is 36.4. The van der Waals surface area contributed by atoms with Gasteiger partial charge in [-0.05, 0) is 43.4 Å². The zero-order chi connectivity index (χ0) is 24.3. The van der Waals surface area contributed by atoms with Crippen LogP contribution < -0.4 is 10.1 Å². The number of carbonyl (C=O) groups is 3. The van der Waals surface area contributed by atoms with Crippen molar-refractivity contribution in [2.75, 3.05) is 27.4 Å². The smallest absolute Gasteiger partial charge is 0.306 e. The third-order valence-electron chi connectivity index (χ3n) is 6.18. The normalized spacial score (nSPS) is 16.7. The molecular formula is C24H35NO8. The Kier molecular flexibility index (Phi) is 10.6. The predicted octanol–water partition coefficient (Wildman–Crippen LogP) is 2.86. The quantitative estimate of drug-likeness (QED) is 0.360. The summed E-state index contributed by atoms with van der Waals surface area (Å²) >= 11 is 0. The SMILES string of the molecule is COCCC(CC1(C(=O)NC(COCc2cccc(OC)c2)CC(=O)O)CCCC1)C(=O)O. The molecule has 9 heteroatoms. The Bertz CT molecular complexity index is 790. The minimum Gasteiger partial charge on any atom is -0.497 e. The lowest BCUT2D eigenvalue weighted by Crippen LogP contribution is -2.48. The minimum absolute atomic E-state index is 0.0252. The molecule has 1 fully saturated rings. The highest BCUT2D eigenvalue weighted by Gasteiger charge is 2.44. The first-order chi connectivity index (χ1) is 15.8. The number of carbonyl (C=O) groups excluding carboxylic acids is 1. The van der Waals surface area contributed by atoms with Crippen LogP contribution in [0.3, 0.4) is 0 Å². The number of carboxylic acids is 2.